The van der Waals surface area contributed by atoms with Crippen molar-refractivity contribution >= 4 is 21.6 Å². The van der Waals surface area contributed by atoms with Crippen molar-refractivity contribution in [3.8, 4) is 11.5 Å². The molecule has 3 aromatic carbocycles. The van der Waals surface area contributed by atoms with Gasteiger partial charge < -0.3 is 14.8 Å². The number of para-hydroxylation sites is 1. The highest BCUT2D eigenvalue weighted by atomic mass is 32.2. The van der Waals surface area contributed by atoms with Crippen LogP contribution in [-0.2, 0) is 10.0 Å². The van der Waals surface area contributed by atoms with Crippen LogP contribution in [0.1, 0.15) is 15.9 Å². The van der Waals surface area contributed by atoms with Gasteiger partial charge in [-0.25, -0.2) is 8.42 Å². The Morgan fingerprint density at radius 2 is 1.66 bits per heavy atom. The van der Waals surface area contributed by atoms with E-state index in [9.17, 15) is 13.2 Å². The molecule has 0 spiro atoms. The van der Waals surface area contributed by atoms with Crippen LogP contribution in [0.15, 0.2) is 77.7 Å². The molecule has 0 aliphatic carbocycles. The van der Waals surface area contributed by atoms with Gasteiger partial charge in [0, 0.05) is 13.1 Å². The maximum absolute atomic E-state index is 13.1. The molecule has 0 saturated carbocycles. The van der Waals surface area contributed by atoms with Crippen molar-refractivity contribution in [1.82, 2.24) is 5.32 Å². The quantitative estimate of drug-likeness (QED) is 0.499. The predicted octanol–water partition coefficient (Wildman–Crippen LogP) is 3.64. The number of hydrogen-bond acceptors (Lipinski definition) is 5. The molecule has 0 radical (unpaired) electrons. The molecule has 0 heterocycles. The lowest BCUT2D eigenvalue weighted by molar-refractivity contribution is 0.0947. The first-order chi connectivity index (χ1) is 15.3. The second-order valence-electron chi connectivity index (χ2n) is 7.09. The third kappa shape index (κ3) is 5.39. The summed E-state index contributed by atoms with van der Waals surface area (Å²) in [4.78, 5) is 12.9. The number of hydrogen-bond donors (Lipinski definition) is 1. The fourth-order valence-corrected chi connectivity index (χ4v) is 4.27. The summed E-state index contributed by atoms with van der Waals surface area (Å²) in [5.41, 5.74) is 1.51. The number of ether oxygens (including phenoxy) is 2. The topological polar surface area (TPSA) is 84.9 Å². The Morgan fingerprint density at radius 1 is 0.969 bits per heavy atom. The number of benzene rings is 3. The maximum Gasteiger partial charge on any atom is 0.264 e. The van der Waals surface area contributed by atoms with E-state index < -0.39 is 10.0 Å². The molecule has 32 heavy (non-hydrogen) atoms. The molecule has 1 N–H and O–H groups in total. The summed E-state index contributed by atoms with van der Waals surface area (Å²) < 4.78 is 38.0. The zero-order chi connectivity index (χ0) is 23.1. The van der Waals surface area contributed by atoms with E-state index in [-0.39, 0.29) is 29.5 Å². The van der Waals surface area contributed by atoms with Crippen molar-refractivity contribution in [2.45, 2.75) is 11.8 Å². The van der Waals surface area contributed by atoms with E-state index >= 15 is 0 Å². The summed E-state index contributed by atoms with van der Waals surface area (Å²) in [6.45, 7) is 2.38. The fraction of sp³-hybridized carbons (Fsp3) is 0.208. The monoisotopic (exact) mass is 454 g/mol. The SMILES string of the molecule is COc1cccc(OCCNC(=O)c2ccccc2N(C)S(=O)(=O)c2ccc(C)cc2)c1. The number of carbonyl (C=O) groups is 1. The zero-order valence-corrected chi connectivity index (χ0v) is 19.1. The number of nitrogens with zero attached hydrogens (tertiary/aromatic N) is 1. The highest BCUT2D eigenvalue weighted by Gasteiger charge is 2.24. The van der Waals surface area contributed by atoms with Crippen LogP contribution in [0.4, 0.5) is 5.69 Å². The second kappa shape index (κ2) is 10.2. The van der Waals surface area contributed by atoms with E-state index in [0.717, 1.165) is 9.87 Å². The van der Waals surface area contributed by atoms with Gasteiger partial charge in [0.25, 0.3) is 15.9 Å². The molecule has 0 saturated heterocycles. The maximum atomic E-state index is 13.1. The Balaban J connectivity index is 1.68. The molecular weight excluding hydrogens is 428 g/mol. The molecular formula is C24H26N2O5S. The van der Waals surface area contributed by atoms with Crippen LogP contribution in [0.2, 0.25) is 0 Å². The van der Waals surface area contributed by atoms with E-state index in [1.54, 1.807) is 67.8 Å². The molecule has 3 aromatic rings. The van der Waals surface area contributed by atoms with Crippen LogP contribution in [0.5, 0.6) is 11.5 Å². The number of sulfonamides is 1. The third-order valence-corrected chi connectivity index (χ3v) is 6.65. The van der Waals surface area contributed by atoms with Gasteiger partial charge in [0.15, 0.2) is 0 Å². The Hall–Kier alpha value is -3.52. The number of carbonyl (C=O) groups excluding carboxylic acids is 1. The number of rotatable bonds is 9. The highest BCUT2D eigenvalue weighted by molar-refractivity contribution is 7.92. The predicted molar refractivity (Wildman–Crippen MR) is 124 cm³/mol. The number of amides is 1. The van der Waals surface area contributed by atoms with E-state index in [1.807, 2.05) is 19.1 Å². The van der Waals surface area contributed by atoms with Crippen molar-refractivity contribution in [2.24, 2.45) is 0 Å². The van der Waals surface area contributed by atoms with Gasteiger partial charge in [0.2, 0.25) is 0 Å². The van der Waals surface area contributed by atoms with Crippen LogP contribution < -0.4 is 19.1 Å². The fourth-order valence-electron chi connectivity index (χ4n) is 3.06. The summed E-state index contributed by atoms with van der Waals surface area (Å²) in [6.07, 6.45) is 0. The van der Waals surface area contributed by atoms with Crippen molar-refractivity contribution in [3.63, 3.8) is 0 Å². The molecule has 0 atom stereocenters. The summed E-state index contributed by atoms with van der Waals surface area (Å²) in [5, 5.41) is 2.78. The van der Waals surface area contributed by atoms with Crippen molar-refractivity contribution < 1.29 is 22.7 Å². The molecule has 0 aliphatic heterocycles. The number of anilines is 1. The number of aryl methyl sites for hydroxylation is 1. The van der Waals surface area contributed by atoms with Gasteiger partial charge >= 0.3 is 0 Å². The molecule has 168 valence electrons. The smallest absolute Gasteiger partial charge is 0.264 e. The third-order valence-electron chi connectivity index (χ3n) is 4.86. The number of nitrogens with one attached hydrogen (secondary N) is 1. The Labute approximate surface area is 188 Å². The van der Waals surface area contributed by atoms with E-state index in [2.05, 4.69) is 5.32 Å². The lowest BCUT2D eigenvalue weighted by Gasteiger charge is -2.22. The summed E-state index contributed by atoms with van der Waals surface area (Å²) in [5.74, 6) is 0.919. The minimum Gasteiger partial charge on any atom is -0.497 e. The van der Waals surface area contributed by atoms with Crippen LogP contribution >= 0.6 is 0 Å². The minimum absolute atomic E-state index is 0.160. The van der Waals surface area contributed by atoms with Crippen LogP contribution in [0.3, 0.4) is 0 Å². The van der Waals surface area contributed by atoms with Crippen molar-refractivity contribution in [3.05, 3.63) is 83.9 Å². The van der Waals surface area contributed by atoms with Gasteiger partial charge in [0.1, 0.15) is 18.1 Å². The van der Waals surface area contributed by atoms with Crippen LogP contribution in [0, 0.1) is 6.92 Å². The van der Waals surface area contributed by atoms with E-state index in [1.165, 1.54) is 7.05 Å². The van der Waals surface area contributed by atoms with Crippen molar-refractivity contribution in [2.75, 3.05) is 31.6 Å². The van der Waals surface area contributed by atoms with Gasteiger partial charge in [0.05, 0.1) is 29.8 Å². The number of methoxy groups -OCH3 is 1. The van der Waals surface area contributed by atoms with Crippen LogP contribution in [0.25, 0.3) is 0 Å². The molecule has 8 heteroatoms. The van der Waals surface area contributed by atoms with E-state index in [0.29, 0.717) is 17.2 Å². The summed E-state index contributed by atoms with van der Waals surface area (Å²) >= 11 is 0. The molecule has 0 fully saturated rings. The van der Waals surface area contributed by atoms with Gasteiger partial charge in [-0.2, -0.15) is 0 Å². The molecule has 7 nitrogen and oxygen atoms in total. The van der Waals surface area contributed by atoms with Gasteiger partial charge in [-0.05, 0) is 43.3 Å². The van der Waals surface area contributed by atoms with Gasteiger partial charge in [-0.3, -0.25) is 9.10 Å². The Bertz CT molecular complexity index is 1180. The average molecular weight is 455 g/mol. The first-order valence-electron chi connectivity index (χ1n) is 10.0. The first kappa shape index (κ1) is 23.1. The van der Waals surface area contributed by atoms with E-state index in [4.69, 9.17) is 9.47 Å². The first-order valence-corrected chi connectivity index (χ1v) is 11.5. The molecule has 0 aromatic heterocycles. The summed E-state index contributed by atoms with van der Waals surface area (Å²) in [6, 6.07) is 20.3. The second-order valence-corrected chi connectivity index (χ2v) is 9.06. The normalized spacial score (nSPS) is 11.0. The molecule has 0 unspecified atom stereocenters. The largest absolute Gasteiger partial charge is 0.497 e. The molecule has 3 rings (SSSR count). The van der Waals surface area contributed by atoms with Gasteiger partial charge in [-0.15, -0.1) is 0 Å². The Morgan fingerprint density at radius 3 is 2.38 bits per heavy atom. The zero-order valence-electron chi connectivity index (χ0n) is 18.2. The summed E-state index contributed by atoms with van der Waals surface area (Å²) in [7, 11) is -0.802. The highest BCUT2D eigenvalue weighted by Crippen LogP contribution is 2.26. The Kier molecular flexibility index (Phi) is 7.37. The standard InChI is InChI=1S/C24H26N2O5S/c1-18-11-13-21(14-12-18)32(28,29)26(2)23-10-5-4-9-22(23)24(27)25-15-16-31-20-8-6-7-19(17-20)30-3/h4-14,17H,15-16H2,1-3H3,(H,25,27). The average Bonchev–Trinajstić information content (AvgIpc) is 2.81. The van der Waals surface area contributed by atoms with Gasteiger partial charge in [-0.1, -0.05) is 35.9 Å². The minimum atomic E-state index is -3.82. The molecule has 0 bridgehead atoms. The molecule has 1 amide bonds. The lowest BCUT2D eigenvalue weighted by atomic mass is 10.1. The van der Waals surface area contributed by atoms with Crippen molar-refractivity contribution in [1.29, 1.82) is 0 Å². The molecule has 0 aliphatic rings. The lowest BCUT2D eigenvalue weighted by Crippen LogP contribution is -2.32. The van der Waals surface area contributed by atoms with Crippen LogP contribution in [-0.4, -0.2) is 41.6 Å².